The van der Waals surface area contributed by atoms with E-state index in [1.54, 1.807) is 31.4 Å². The monoisotopic (exact) mass is 432 g/mol. The van der Waals surface area contributed by atoms with E-state index in [2.05, 4.69) is 10.2 Å². The Bertz CT molecular complexity index is 1130. The van der Waals surface area contributed by atoms with E-state index < -0.39 is 0 Å². The molecule has 4 rings (SSSR count). The van der Waals surface area contributed by atoms with Crippen LogP contribution in [-0.4, -0.2) is 28.8 Å². The first-order chi connectivity index (χ1) is 15.2. The molecule has 0 radical (unpaired) electrons. The number of para-hydroxylation sites is 1. The number of carbonyl (C=O) groups excluding carboxylic acids is 1. The van der Waals surface area contributed by atoms with Crippen molar-refractivity contribution in [1.82, 2.24) is 10.2 Å². The van der Waals surface area contributed by atoms with Crippen molar-refractivity contribution >= 4 is 17.5 Å². The third kappa shape index (κ3) is 5.73. The van der Waals surface area contributed by atoms with Crippen LogP contribution >= 0.6 is 11.8 Å². The Morgan fingerprint density at radius 3 is 2.26 bits per heavy atom. The molecule has 0 saturated carbocycles. The van der Waals surface area contributed by atoms with Crippen LogP contribution in [0.2, 0.25) is 0 Å². The van der Waals surface area contributed by atoms with Crippen molar-refractivity contribution in [3.63, 3.8) is 0 Å². The van der Waals surface area contributed by atoms with Crippen LogP contribution in [-0.2, 0) is 6.42 Å². The molecule has 0 aliphatic carbocycles. The average Bonchev–Trinajstić information content (AvgIpc) is 3.26. The largest absolute Gasteiger partial charge is 0.497 e. The van der Waals surface area contributed by atoms with E-state index >= 15 is 0 Å². The highest BCUT2D eigenvalue weighted by molar-refractivity contribution is 7.99. The molecule has 7 heteroatoms. The normalized spacial score (nSPS) is 10.6. The second-order valence-corrected chi connectivity index (χ2v) is 7.56. The van der Waals surface area contributed by atoms with Crippen molar-refractivity contribution in [1.29, 1.82) is 0 Å². The number of hydrogen-bond donors (Lipinski definition) is 0. The zero-order chi connectivity index (χ0) is 21.5. The molecule has 0 saturated heterocycles. The van der Waals surface area contributed by atoms with E-state index in [0.29, 0.717) is 28.8 Å². The van der Waals surface area contributed by atoms with Gasteiger partial charge in [-0.15, -0.1) is 10.2 Å². The summed E-state index contributed by atoms with van der Waals surface area (Å²) in [5.41, 5.74) is 1.64. The fourth-order valence-corrected chi connectivity index (χ4v) is 3.51. The van der Waals surface area contributed by atoms with Crippen LogP contribution in [0.25, 0.3) is 0 Å². The summed E-state index contributed by atoms with van der Waals surface area (Å²) in [5.74, 6) is 2.91. The third-order valence-electron chi connectivity index (χ3n) is 4.44. The van der Waals surface area contributed by atoms with Gasteiger partial charge in [-0.2, -0.15) is 0 Å². The Labute approximate surface area is 184 Å². The number of methoxy groups -OCH3 is 1. The maximum atomic E-state index is 12.5. The van der Waals surface area contributed by atoms with Crippen molar-refractivity contribution in [3.05, 3.63) is 95.9 Å². The fraction of sp³-hybridized carbons (Fsp3) is 0.125. The van der Waals surface area contributed by atoms with E-state index in [-0.39, 0.29) is 11.5 Å². The molecule has 3 aromatic carbocycles. The van der Waals surface area contributed by atoms with Gasteiger partial charge < -0.3 is 13.9 Å². The number of rotatable bonds is 9. The number of carbonyl (C=O) groups is 1. The molecule has 0 N–H and O–H groups in total. The molecule has 1 aromatic heterocycles. The second-order valence-electron chi connectivity index (χ2n) is 6.64. The number of hydrogen-bond acceptors (Lipinski definition) is 7. The van der Waals surface area contributed by atoms with Crippen molar-refractivity contribution < 1.29 is 18.7 Å². The molecule has 6 nitrogen and oxygen atoms in total. The average molecular weight is 433 g/mol. The summed E-state index contributed by atoms with van der Waals surface area (Å²) < 4.78 is 16.6. The van der Waals surface area contributed by atoms with E-state index in [4.69, 9.17) is 13.9 Å². The highest BCUT2D eigenvalue weighted by Crippen LogP contribution is 2.23. The summed E-state index contributed by atoms with van der Waals surface area (Å²) in [5, 5.41) is 8.46. The van der Waals surface area contributed by atoms with Crippen LogP contribution < -0.4 is 9.47 Å². The molecular formula is C24H20N2O4S. The Morgan fingerprint density at radius 1 is 0.871 bits per heavy atom. The molecule has 0 amide bonds. The van der Waals surface area contributed by atoms with Crippen LogP contribution in [0.1, 0.15) is 21.8 Å². The molecule has 0 spiro atoms. The Kier molecular flexibility index (Phi) is 6.64. The number of Topliss-reactive ketones (excluding diaryl/α,β-unsaturated/α-hetero) is 1. The van der Waals surface area contributed by atoms with E-state index in [9.17, 15) is 4.79 Å². The lowest BCUT2D eigenvalue weighted by atomic mass is 10.1. The fourth-order valence-electron chi connectivity index (χ4n) is 2.83. The van der Waals surface area contributed by atoms with Crippen molar-refractivity contribution in [2.24, 2.45) is 0 Å². The van der Waals surface area contributed by atoms with Crippen LogP contribution in [0.15, 0.2) is 88.5 Å². The summed E-state index contributed by atoms with van der Waals surface area (Å²) in [6.07, 6.45) is 0.522. The summed E-state index contributed by atoms with van der Waals surface area (Å²) in [6, 6.07) is 24.2. The van der Waals surface area contributed by atoms with Crippen LogP contribution in [0.5, 0.6) is 17.2 Å². The smallest absolute Gasteiger partial charge is 0.277 e. The molecule has 0 unspecified atom stereocenters. The lowest BCUT2D eigenvalue weighted by Crippen LogP contribution is -2.02. The molecule has 156 valence electrons. The molecule has 0 atom stereocenters. The minimum Gasteiger partial charge on any atom is -0.497 e. The quantitative estimate of drug-likeness (QED) is 0.258. The predicted molar refractivity (Wildman–Crippen MR) is 118 cm³/mol. The topological polar surface area (TPSA) is 74.5 Å². The molecule has 0 aliphatic rings. The molecule has 0 aliphatic heterocycles. The molecule has 0 bridgehead atoms. The van der Waals surface area contributed by atoms with Gasteiger partial charge in [0.05, 0.1) is 19.3 Å². The van der Waals surface area contributed by atoms with Gasteiger partial charge in [-0.25, -0.2) is 0 Å². The minimum absolute atomic E-state index is 0.0221. The summed E-state index contributed by atoms with van der Waals surface area (Å²) in [6.45, 7) is 0. The third-order valence-corrected chi connectivity index (χ3v) is 5.26. The van der Waals surface area contributed by atoms with Gasteiger partial charge in [0.25, 0.3) is 5.22 Å². The standard InChI is InChI=1S/C24H20N2O4S/c1-28-19-11-7-17(8-12-19)15-23-25-26-24(30-23)31-16-22(27)18-9-13-21(14-10-18)29-20-5-3-2-4-6-20/h2-14H,15-16H2,1H3. The van der Waals surface area contributed by atoms with Gasteiger partial charge in [-0.3, -0.25) is 4.79 Å². The van der Waals surface area contributed by atoms with Gasteiger partial charge in [0, 0.05) is 5.56 Å². The van der Waals surface area contributed by atoms with Crippen molar-refractivity contribution in [2.45, 2.75) is 11.6 Å². The predicted octanol–water partition coefficient (Wildman–Crippen LogP) is 5.44. The van der Waals surface area contributed by atoms with E-state index in [0.717, 1.165) is 17.1 Å². The Morgan fingerprint density at radius 2 is 1.55 bits per heavy atom. The molecule has 31 heavy (non-hydrogen) atoms. The van der Waals surface area contributed by atoms with Gasteiger partial charge in [0.2, 0.25) is 5.89 Å². The number of aromatic nitrogens is 2. The number of ether oxygens (including phenoxy) is 2. The Balaban J connectivity index is 1.29. The van der Waals surface area contributed by atoms with E-state index in [1.807, 2.05) is 54.6 Å². The van der Waals surface area contributed by atoms with Crippen LogP contribution in [0.3, 0.4) is 0 Å². The summed E-state index contributed by atoms with van der Waals surface area (Å²) in [7, 11) is 1.63. The first-order valence-electron chi connectivity index (χ1n) is 9.64. The second kappa shape index (κ2) is 9.95. The maximum Gasteiger partial charge on any atom is 0.277 e. The van der Waals surface area contributed by atoms with Gasteiger partial charge >= 0.3 is 0 Å². The number of benzene rings is 3. The number of thioether (sulfide) groups is 1. The van der Waals surface area contributed by atoms with Gasteiger partial charge in [-0.1, -0.05) is 42.1 Å². The van der Waals surface area contributed by atoms with Crippen molar-refractivity contribution in [2.75, 3.05) is 12.9 Å². The zero-order valence-electron chi connectivity index (χ0n) is 16.9. The maximum absolute atomic E-state index is 12.5. The zero-order valence-corrected chi connectivity index (χ0v) is 17.7. The SMILES string of the molecule is COc1ccc(Cc2nnc(SCC(=O)c3ccc(Oc4ccccc4)cc3)o2)cc1. The Hall–Kier alpha value is -3.58. The van der Waals surface area contributed by atoms with E-state index in [1.165, 1.54) is 11.8 Å². The van der Waals surface area contributed by atoms with Crippen molar-refractivity contribution in [3.8, 4) is 17.2 Å². The highest BCUT2D eigenvalue weighted by Gasteiger charge is 2.12. The molecule has 4 aromatic rings. The molecule has 1 heterocycles. The van der Waals surface area contributed by atoms with Gasteiger partial charge in [0.15, 0.2) is 5.78 Å². The number of ketones is 1. The summed E-state index contributed by atoms with van der Waals surface area (Å²) in [4.78, 5) is 12.5. The molecule has 0 fully saturated rings. The first-order valence-corrected chi connectivity index (χ1v) is 10.6. The van der Waals surface area contributed by atoms with Crippen LogP contribution in [0, 0.1) is 0 Å². The summed E-state index contributed by atoms with van der Waals surface area (Å²) >= 11 is 1.23. The highest BCUT2D eigenvalue weighted by atomic mass is 32.2. The number of nitrogens with zero attached hydrogens (tertiary/aromatic N) is 2. The minimum atomic E-state index is -0.0221. The van der Waals surface area contributed by atoms with Gasteiger partial charge in [0.1, 0.15) is 17.2 Å². The molecular weight excluding hydrogens is 412 g/mol. The lowest BCUT2D eigenvalue weighted by molar-refractivity contribution is 0.102. The lowest BCUT2D eigenvalue weighted by Gasteiger charge is -2.06. The first kappa shape index (κ1) is 20.7. The van der Waals surface area contributed by atoms with Gasteiger partial charge in [-0.05, 0) is 54.1 Å². The van der Waals surface area contributed by atoms with Crippen LogP contribution in [0.4, 0.5) is 0 Å².